The second kappa shape index (κ2) is 7.62. The molecule has 1 fully saturated rings. The Labute approximate surface area is 116 Å². The number of nitrogens with zero attached hydrogens (tertiary/aromatic N) is 1. The molecule has 2 rings (SSSR count). The van der Waals surface area contributed by atoms with Crippen LogP contribution in [0.15, 0.2) is 18.3 Å². The van der Waals surface area contributed by atoms with Crippen molar-refractivity contribution in [3.63, 3.8) is 0 Å². The van der Waals surface area contributed by atoms with Crippen LogP contribution in [-0.4, -0.2) is 4.98 Å². The summed E-state index contributed by atoms with van der Waals surface area (Å²) < 4.78 is 12.7. The summed E-state index contributed by atoms with van der Waals surface area (Å²) in [5.41, 5.74) is 1.18. The zero-order chi connectivity index (χ0) is 13.5. The van der Waals surface area contributed by atoms with Crippen LogP contribution in [0.5, 0.6) is 0 Å². The quantitative estimate of drug-likeness (QED) is 0.647. The minimum absolute atomic E-state index is 0.375. The Hall–Kier alpha value is -0.920. The molecule has 1 nitrogen and oxygen atoms in total. The smallest absolute Gasteiger partial charge is 0.212 e. The molecule has 0 amide bonds. The van der Waals surface area contributed by atoms with Crippen molar-refractivity contribution in [1.82, 2.24) is 4.98 Å². The van der Waals surface area contributed by atoms with E-state index in [1.807, 2.05) is 6.07 Å². The van der Waals surface area contributed by atoms with E-state index in [2.05, 4.69) is 11.9 Å². The van der Waals surface area contributed by atoms with Crippen molar-refractivity contribution < 1.29 is 4.39 Å². The molecular weight excluding hydrogens is 237 g/mol. The zero-order valence-corrected chi connectivity index (χ0v) is 12.1. The summed E-state index contributed by atoms with van der Waals surface area (Å²) in [6.45, 7) is 2.28. The molecule has 1 aromatic heterocycles. The lowest BCUT2D eigenvalue weighted by molar-refractivity contribution is 0.250. The van der Waals surface area contributed by atoms with Gasteiger partial charge in [0.2, 0.25) is 5.95 Å². The summed E-state index contributed by atoms with van der Waals surface area (Å²) in [5.74, 6) is 1.49. The lowest BCUT2D eigenvalue weighted by Gasteiger charge is -2.28. The lowest BCUT2D eigenvalue weighted by atomic mass is 9.78. The standard InChI is InChI=1S/C17H26FN/c1-2-3-4-14-5-7-15(8-6-14)9-10-16-11-12-17(18)19-13-16/h11-15H,2-10H2,1H3/t14-,15-. The number of hydrogen-bond donors (Lipinski definition) is 0. The second-order valence-corrected chi connectivity index (χ2v) is 6.06. The molecule has 0 aliphatic heterocycles. The van der Waals surface area contributed by atoms with Crippen molar-refractivity contribution in [2.24, 2.45) is 11.8 Å². The first-order valence-corrected chi connectivity index (χ1v) is 7.88. The van der Waals surface area contributed by atoms with Crippen molar-refractivity contribution in [3.8, 4) is 0 Å². The minimum Gasteiger partial charge on any atom is -0.228 e. The molecule has 0 aromatic carbocycles. The third-order valence-electron chi connectivity index (χ3n) is 4.56. The van der Waals surface area contributed by atoms with E-state index >= 15 is 0 Å². The monoisotopic (exact) mass is 263 g/mol. The second-order valence-electron chi connectivity index (χ2n) is 6.06. The van der Waals surface area contributed by atoms with Gasteiger partial charge in [-0.05, 0) is 36.3 Å². The minimum atomic E-state index is -0.375. The fourth-order valence-electron chi connectivity index (χ4n) is 3.23. The molecule has 0 bridgehead atoms. The van der Waals surface area contributed by atoms with Crippen molar-refractivity contribution in [1.29, 1.82) is 0 Å². The number of aryl methyl sites for hydroxylation is 1. The van der Waals surface area contributed by atoms with E-state index in [0.29, 0.717) is 0 Å². The highest BCUT2D eigenvalue weighted by Gasteiger charge is 2.20. The van der Waals surface area contributed by atoms with Gasteiger partial charge in [0, 0.05) is 6.20 Å². The number of halogens is 1. The fraction of sp³-hybridized carbons (Fsp3) is 0.706. The number of hydrogen-bond acceptors (Lipinski definition) is 1. The molecule has 106 valence electrons. The molecule has 19 heavy (non-hydrogen) atoms. The van der Waals surface area contributed by atoms with E-state index < -0.39 is 0 Å². The Morgan fingerprint density at radius 3 is 2.37 bits per heavy atom. The van der Waals surface area contributed by atoms with Gasteiger partial charge >= 0.3 is 0 Å². The predicted molar refractivity (Wildman–Crippen MR) is 77.5 cm³/mol. The van der Waals surface area contributed by atoms with E-state index in [1.165, 1.54) is 63.0 Å². The summed E-state index contributed by atoms with van der Waals surface area (Å²) >= 11 is 0. The fourth-order valence-corrected chi connectivity index (χ4v) is 3.23. The van der Waals surface area contributed by atoms with Crippen LogP contribution in [0.2, 0.25) is 0 Å². The summed E-state index contributed by atoms with van der Waals surface area (Å²) in [6.07, 6.45) is 13.8. The molecule has 1 aliphatic rings. The highest BCUT2D eigenvalue weighted by Crippen LogP contribution is 2.34. The highest BCUT2D eigenvalue weighted by molar-refractivity contribution is 5.09. The molecule has 1 aromatic rings. The van der Waals surface area contributed by atoms with Crippen LogP contribution in [0.3, 0.4) is 0 Å². The van der Waals surface area contributed by atoms with Gasteiger partial charge in [0.25, 0.3) is 0 Å². The third-order valence-corrected chi connectivity index (χ3v) is 4.56. The molecule has 0 N–H and O–H groups in total. The average molecular weight is 263 g/mol. The van der Waals surface area contributed by atoms with Gasteiger partial charge in [0.05, 0.1) is 0 Å². The Morgan fingerprint density at radius 2 is 1.79 bits per heavy atom. The molecule has 0 atom stereocenters. The van der Waals surface area contributed by atoms with E-state index in [9.17, 15) is 4.39 Å². The van der Waals surface area contributed by atoms with Gasteiger partial charge in [0.15, 0.2) is 0 Å². The van der Waals surface area contributed by atoms with Crippen LogP contribution in [0.4, 0.5) is 4.39 Å². The van der Waals surface area contributed by atoms with Gasteiger partial charge in [-0.1, -0.05) is 57.9 Å². The number of unbranched alkanes of at least 4 members (excludes halogenated alkanes) is 1. The molecule has 0 unspecified atom stereocenters. The SMILES string of the molecule is CCCC[C@H]1CC[C@H](CCc2ccc(F)nc2)CC1. The average Bonchev–Trinajstić information content (AvgIpc) is 2.46. The largest absolute Gasteiger partial charge is 0.228 e. The molecule has 1 aliphatic carbocycles. The highest BCUT2D eigenvalue weighted by atomic mass is 19.1. The van der Waals surface area contributed by atoms with Gasteiger partial charge in [-0.2, -0.15) is 4.39 Å². The van der Waals surface area contributed by atoms with Crippen molar-refractivity contribution >= 4 is 0 Å². The molecule has 1 saturated carbocycles. The topological polar surface area (TPSA) is 12.9 Å². The van der Waals surface area contributed by atoms with Crippen LogP contribution in [0, 0.1) is 17.8 Å². The molecule has 0 saturated heterocycles. The number of rotatable bonds is 6. The normalized spacial score (nSPS) is 23.5. The van der Waals surface area contributed by atoms with E-state index in [1.54, 1.807) is 6.20 Å². The van der Waals surface area contributed by atoms with Crippen LogP contribution in [0.1, 0.15) is 63.9 Å². The van der Waals surface area contributed by atoms with E-state index in [-0.39, 0.29) is 5.95 Å². The first-order valence-electron chi connectivity index (χ1n) is 7.88. The Bertz CT molecular complexity index is 352. The van der Waals surface area contributed by atoms with Crippen molar-refractivity contribution in [3.05, 3.63) is 29.8 Å². The first-order chi connectivity index (χ1) is 9.28. The Kier molecular flexibility index (Phi) is 5.81. The number of pyridine rings is 1. The summed E-state index contributed by atoms with van der Waals surface area (Å²) in [6, 6.07) is 3.34. The maximum absolute atomic E-state index is 12.7. The van der Waals surface area contributed by atoms with Crippen molar-refractivity contribution in [2.75, 3.05) is 0 Å². The predicted octanol–water partition coefficient (Wildman–Crippen LogP) is 5.15. The molecule has 0 radical (unpaired) electrons. The maximum Gasteiger partial charge on any atom is 0.212 e. The number of aromatic nitrogens is 1. The van der Waals surface area contributed by atoms with E-state index in [4.69, 9.17) is 0 Å². The molecule has 0 spiro atoms. The first kappa shape index (κ1) is 14.5. The molecular formula is C17H26FN. The molecule has 1 heterocycles. The van der Waals surface area contributed by atoms with E-state index in [0.717, 1.165) is 18.3 Å². The molecule has 2 heteroatoms. The van der Waals surface area contributed by atoms with Gasteiger partial charge in [0.1, 0.15) is 0 Å². The van der Waals surface area contributed by atoms with Gasteiger partial charge in [-0.3, -0.25) is 0 Å². The van der Waals surface area contributed by atoms with Crippen molar-refractivity contribution in [2.45, 2.75) is 64.7 Å². The Balaban J connectivity index is 1.67. The maximum atomic E-state index is 12.7. The van der Waals surface area contributed by atoms with Crippen LogP contribution < -0.4 is 0 Å². The Morgan fingerprint density at radius 1 is 1.11 bits per heavy atom. The van der Waals surface area contributed by atoms with Crippen LogP contribution in [-0.2, 0) is 6.42 Å². The summed E-state index contributed by atoms with van der Waals surface area (Å²) in [4.78, 5) is 3.72. The lowest BCUT2D eigenvalue weighted by Crippen LogP contribution is -2.15. The zero-order valence-electron chi connectivity index (χ0n) is 12.1. The van der Waals surface area contributed by atoms with Gasteiger partial charge in [-0.15, -0.1) is 0 Å². The van der Waals surface area contributed by atoms with Crippen LogP contribution in [0.25, 0.3) is 0 Å². The van der Waals surface area contributed by atoms with Crippen LogP contribution >= 0.6 is 0 Å². The van der Waals surface area contributed by atoms with Gasteiger partial charge < -0.3 is 0 Å². The third kappa shape index (κ3) is 4.93. The van der Waals surface area contributed by atoms with Gasteiger partial charge in [-0.25, -0.2) is 4.98 Å². The summed E-state index contributed by atoms with van der Waals surface area (Å²) in [5, 5.41) is 0. The summed E-state index contributed by atoms with van der Waals surface area (Å²) in [7, 11) is 0.